The summed E-state index contributed by atoms with van der Waals surface area (Å²) in [5, 5.41) is 0. The lowest BCUT2D eigenvalue weighted by Gasteiger charge is -2.28. The second-order valence-corrected chi connectivity index (χ2v) is 19.0. The van der Waals surface area contributed by atoms with Crippen LogP contribution in [0.4, 0.5) is 0 Å². The number of rotatable bonds is 10. The zero-order chi connectivity index (χ0) is 21.2. The maximum Gasteiger partial charge on any atom is 0.309 e. The number of hydrogen-bond acceptors (Lipinski definition) is 6. The first-order valence-electron chi connectivity index (χ1n) is 9.22. The van der Waals surface area contributed by atoms with Crippen molar-refractivity contribution in [1.82, 2.24) is 9.88 Å². The Hall–Kier alpha value is -0.266. The van der Waals surface area contributed by atoms with Gasteiger partial charge < -0.3 is 14.3 Å². The van der Waals surface area contributed by atoms with Crippen molar-refractivity contribution in [3.8, 4) is 0 Å². The van der Waals surface area contributed by atoms with Crippen molar-refractivity contribution in [3.05, 3.63) is 0 Å². The molecule has 158 valence electrons. The molecule has 0 aromatic heterocycles. The van der Waals surface area contributed by atoms with Gasteiger partial charge in [-0.3, -0.25) is 9.35 Å². The van der Waals surface area contributed by atoms with E-state index in [0.29, 0.717) is 0 Å². The maximum absolute atomic E-state index is 12.0. The summed E-state index contributed by atoms with van der Waals surface area (Å²) in [5.74, 6) is -0.874. The van der Waals surface area contributed by atoms with E-state index in [4.69, 9.17) is 8.98 Å². The normalized spacial score (nSPS) is 13.8. The first kappa shape index (κ1) is 27.9. The molecule has 0 heterocycles. The highest BCUT2D eigenvalue weighted by Gasteiger charge is 2.30. The van der Waals surface area contributed by atoms with E-state index in [9.17, 15) is 13.2 Å². The highest BCUT2D eigenvalue weighted by atomic mass is 32.2. The topological polar surface area (TPSA) is 95.9 Å². The van der Waals surface area contributed by atoms with Gasteiger partial charge >= 0.3 is 5.97 Å². The van der Waals surface area contributed by atoms with Crippen LogP contribution in [0.3, 0.4) is 0 Å². The van der Waals surface area contributed by atoms with Gasteiger partial charge in [0.1, 0.15) is 8.24 Å². The molecule has 2 N–H and O–H groups in total. The molecular formula is C16H40N2O5SSi2. The summed E-state index contributed by atoms with van der Waals surface area (Å²) in [5.41, 5.74) is 0. The first-order valence-corrected chi connectivity index (χ1v) is 17.7. The number of nitrogens with one attached hydrogen (secondary N) is 1. The molecule has 0 fully saturated rings. The molecule has 0 aromatic rings. The predicted molar refractivity (Wildman–Crippen MR) is 114 cm³/mol. The van der Waals surface area contributed by atoms with Gasteiger partial charge in [0.25, 0.3) is 10.1 Å². The molecule has 0 aromatic carbocycles. The van der Waals surface area contributed by atoms with Crippen LogP contribution in [0.5, 0.6) is 0 Å². The van der Waals surface area contributed by atoms with Crippen molar-refractivity contribution in [2.24, 2.45) is 0 Å². The Morgan fingerprint density at radius 2 is 1.46 bits per heavy atom. The van der Waals surface area contributed by atoms with Crippen LogP contribution < -0.4 is 4.98 Å². The third-order valence-corrected chi connectivity index (χ3v) is 6.08. The van der Waals surface area contributed by atoms with E-state index < -0.39 is 44.4 Å². The third-order valence-electron chi connectivity index (χ3n) is 3.30. The molecular weight excluding hydrogens is 388 g/mol. The Bertz CT molecular complexity index is 492. The molecule has 0 spiro atoms. The van der Waals surface area contributed by atoms with Gasteiger partial charge in [0, 0.05) is 0 Å². The molecule has 0 saturated carbocycles. The Kier molecular flexibility index (Phi) is 13.2. The molecule has 0 amide bonds. The quantitative estimate of drug-likeness (QED) is 0.408. The lowest BCUT2D eigenvalue weighted by Crippen LogP contribution is -2.53. The van der Waals surface area contributed by atoms with Crippen molar-refractivity contribution in [2.75, 3.05) is 25.4 Å². The summed E-state index contributed by atoms with van der Waals surface area (Å²) in [4.78, 5) is 17.6. The second kappa shape index (κ2) is 12.2. The highest BCUT2D eigenvalue weighted by molar-refractivity contribution is 7.85. The molecule has 0 aliphatic heterocycles. The van der Waals surface area contributed by atoms with E-state index in [-0.39, 0.29) is 6.42 Å². The van der Waals surface area contributed by atoms with Crippen LogP contribution in [0.15, 0.2) is 0 Å². The van der Waals surface area contributed by atoms with Gasteiger partial charge in [-0.1, -0.05) is 40.4 Å². The van der Waals surface area contributed by atoms with Crippen molar-refractivity contribution in [2.45, 2.75) is 72.5 Å². The van der Waals surface area contributed by atoms with Crippen LogP contribution in [0.25, 0.3) is 0 Å². The van der Waals surface area contributed by atoms with E-state index in [0.717, 1.165) is 0 Å². The van der Waals surface area contributed by atoms with E-state index in [1.165, 1.54) is 19.6 Å². The maximum atomic E-state index is 12.0. The number of carbonyl (C=O) groups excluding carboxylic acids is 1. The predicted octanol–water partition coefficient (Wildman–Crippen LogP) is 2.78. The molecule has 0 radical (unpaired) electrons. The van der Waals surface area contributed by atoms with Crippen LogP contribution in [0.2, 0.25) is 39.3 Å². The summed E-state index contributed by atoms with van der Waals surface area (Å²) in [6, 6.07) is -0.680. The standard InChI is InChI=1S/C10H25NO5SSi2.C6H15N/c1-18(2,3)11-9(7-8-17(13,14)15)10(12)16-19(4,5)6;1-4-7(5-2)6-3/h9,11H,7-8H2,1-6H3,(H,13,14,15);4-6H2,1-3H3. The monoisotopic (exact) mass is 428 g/mol. The lowest BCUT2D eigenvalue weighted by atomic mass is 10.2. The van der Waals surface area contributed by atoms with Gasteiger partial charge in [-0.15, -0.1) is 0 Å². The highest BCUT2D eigenvalue weighted by Crippen LogP contribution is 2.10. The summed E-state index contributed by atoms with van der Waals surface area (Å²) in [7, 11) is -7.86. The number of carbonyl (C=O) groups is 1. The van der Waals surface area contributed by atoms with E-state index >= 15 is 0 Å². The summed E-state index contributed by atoms with van der Waals surface area (Å²) >= 11 is 0. The Labute approximate surface area is 162 Å². The molecule has 26 heavy (non-hydrogen) atoms. The molecule has 0 rings (SSSR count). The van der Waals surface area contributed by atoms with Crippen molar-refractivity contribution in [3.63, 3.8) is 0 Å². The van der Waals surface area contributed by atoms with Crippen LogP contribution in [0.1, 0.15) is 27.2 Å². The van der Waals surface area contributed by atoms with Crippen molar-refractivity contribution < 1.29 is 22.2 Å². The molecule has 1 atom stereocenters. The van der Waals surface area contributed by atoms with E-state index in [1.807, 2.05) is 39.3 Å². The zero-order valence-electron chi connectivity index (χ0n) is 18.0. The molecule has 10 heteroatoms. The van der Waals surface area contributed by atoms with Crippen molar-refractivity contribution >= 4 is 32.6 Å². The van der Waals surface area contributed by atoms with Gasteiger partial charge in [-0.25, -0.2) is 0 Å². The van der Waals surface area contributed by atoms with Gasteiger partial charge in [-0.05, 0) is 45.7 Å². The van der Waals surface area contributed by atoms with E-state index in [2.05, 4.69) is 30.7 Å². The summed E-state index contributed by atoms with van der Waals surface area (Å²) in [6.07, 6.45) is 0.0203. The molecule has 0 aliphatic carbocycles. The molecule has 1 unspecified atom stereocenters. The van der Waals surface area contributed by atoms with Crippen LogP contribution >= 0.6 is 0 Å². The Morgan fingerprint density at radius 3 is 1.69 bits per heavy atom. The average molecular weight is 429 g/mol. The van der Waals surface area contributed by atoms with Crippen molar-refractivity contribution in [1.29, 1.82) is 0 Å². The molecule has 0 bridgehead atoms. The van der Waals surface area contributed by atoms with Crippen LogP contribution in [0, 0.1) is 0 Å². The van der Waals surface area contributed by atoms with Gasteiger partial charge in [0.2, 0.25) is 8.32 Å². The lowest BCUT2D eigenvalue weighted by molar-refractivity contribution is -0.137. The fourth-order valence-electron chi connectivity index (χ4n) is 2.08. The SMILES string of the molecule is CCN(CC)CC.C[Si](C)(C)NC(CCS(=O)(=O)O)C(=O)O[Si](C)(C)C. The molecule has 0 saturated heterocycles. The molecule has 7 nitrogen and oxygen atoms in total. The van der Waals surface area contributed by atoms with Gasteiger partial charge in [-0.2, -0.15) is 8.42 Å². The first-order chi connectivity index (χ1) is 11.5. The van der Waals surface area contributed by atoms with Crippen LogP contribution in [-0.4, -0.2) is 71.8 Å². The minimum atomic E-state index is -4.07. The third kappa shape index (κ3) is 18.5. The van der Waals surface area contributed by atoms with Gasteiger partial charge in [0.15, 0.2) is 0 Å². The Balaban J connectivity index is 0. The largest absolute Gasteiger partial charge is 0.519 e. The fraction of sp³-hybridized carbons (Fsp3) is 0.938. The summed E-state index contributed by atoms with van der Waals surface area (Å²) in [6.45, 7) is 21.8. The second-order valence-electron chi connectivity index (χ2n) is 8.17. The molecule has 0 aliphatic rings. The fourth-order valence-corrected chi connectivity index (χ4v) is 4.67. The minimum Gasteiger partial charge on any atom is -0.519 e. The Morgan fingerprint density at radius 1 is 1.04 bits per heavy atom. The number of nitrogens with zero attached hydrogens (tertiary/aromatic N) is 1. The van der Waals surface area contributed by atoms with Gasteiger partial charge in [0.05, 0.1) is 11.8 Å². The smallest absolute Gasteiger partial charge is 0.309 e. The van der Waals surface area contributed by atoms with E-state index in [1.54, 1.807) is 0 Å². The zero-order valence-corrected chi connectivity index (χ0v) is 20.9. The van der Waals surface area contributed by atoms with Crippen LogP contribution in [-0.2, 0) is 19.3 Å². The minimum absolute atomic E-state index is 0.0203. The summed E-state index contributed by atoms with van der Waals surface area (Å²) < 4.78 is 35.8. The average Bonchev–Trinajstić information content (AvgIpc) is 2.42. The number of hydrogen-bond donors (Lipinski definition) is 2.